The molecule has 0 aromatic rings. The van der Waals surface area contributed by atoms with Crippen molar-refractivity contribution in [3.63, 3.8) is 0 Å². The van der Waals surface area contributed by atoms with E-state index in [1.54, 1.807) is 0 Å². The van der Waals surface area contributed by atoms with E-state index in [0.29, 0.717) is 28.7 Å². The molecule has 0 spiro atoms. The van der Waals surface area contributed by atoms with E-state index in [0.717, 1.165) is 31.4 Å². The maximum Gasteiger partial charge on any atom is 0.305 e. The summed E-state index contributed by atoms with van der Waals surface area (Å²) in [6.45, 7) is 8.76. The van der Waals surface area contributed by atoms with Crippen molar-refractivity contribution in [2.45, 2.75) is 70.3 Å². The first-order valence-corrected chi connectivity index (χ1v) is 11.4. The number of carboxylic acid groups (broad SMARTS) is 1. The molecule has 0 heterocycles. The number of amides is 1. The normalized spacial score (nSPS) is 21.6. The number of nitrogens with one attached hydrogen (secondary N) is 1. The first-order valence-electron chi connectivity index (χ1n) is 9.50. The predicted molar refractivity (Wildman–Crippen MR) is 110 cm³/mol. The number of aliphatic carboxylic acids is 1. The highest BCUT2D eigenvalue weighted by Gasteiger charge is 2.28. The number of carboxylic acids is 1. The number of hydrogen-bond acceptors (Lipinski definition) is 5. The van der Waals surface area contributed by atoms with Gasteiger partial charge in [-0.2, -0.15) is 0 Å². The van der Waals surface area contributed by atoms with E-state index in [9.17, 15) is 14.4 Å². The van der Waals surface area contributed by atoms with Crippen molar-refractivity contribution >= 4 is 40.5 Å². The van der Waals surface area contributed by atoms with E-state index >= 15 is 0 Å². The monoisotopic (exact) mass is 403 g/mol. The summed E-state index contributed by atoms with van der Waals surface area (Å²) >= 11 is 2.85. The Labute approximate surface area is 165 Å². The second-order valence-electron chi connectivity index (χ2n) is 7.76. The molecule has 7 heteroatoms. The van der Waals surface area contributed by atoms with Gasteiger partial charge < -0.3 is 10.4 Å². The molecule has 0 aliphatic heterocycles. The SMILES string of the molecule is CC(C)CSC(CC(=O)O)C(=O)NCC1CCC(C(=O)SC(C)C)CC1. The van der Waals surface area contributed by atoms with E-state index in [2.05, 4.69) is 19.2 Å². The smallest absolute Gasteiger partial charge is 0.305 e. The molecular formula is C19H33NO4S2. The minimum absolute atomic E-state index is 0.142. The topological polar surface area (TPSA) is 83.5 Å². The number of rotatable bonds is 10. The summed E-state index contributed by atoms with van der Waals surface area (Å²) in [5.41, 5.74) is 0. The van der Waals surface area contributed by atoms with Gasteiger partial charge >= 0.3 is 5.97 Å². The van der Waals surface area contributed by atoms with Crippen molar-refractivity contribution in [3.8, 4) is 0 Å². The van der Waals surface area contributed by atoms with Crippen molar-refractivity contribution in [1.82, 2.24) is 5.32 Å². The Morgan fingerprint density at radius 1 is 1.08 bits per heavy atom. The van der Waals surface area contributed by atoms with Crippen LogP contribution in [0.4, 0.5) is 0 Å². The summed E-state index contributed by atoms with van der Waals surface area (Å²) in [5, 5.41) is 12.1. The van der Waals surface area contributed by atoms with Crippen molar-refractivity contribution in [2.24, 2.45) is 17.8 Å². The molecule has 1 atom stereocenters. The molecule has 0 aromatic carbocycles. The molecule has 0 aromatic heterocycles. The zero-order chi connectivity index (χ0) is 19.7. The standard InChI is InChI=1S/C19H33NO4S2/c1-12(2)11-25-16(9-17(21)22)18(23)20-10-14-5-7-15(8-6-14)19(24)26-13(3)4/h12-16H,5-11H2,1-4H3,(H,20,23)(H,21,22). The summed E-state index contributed by atoms with van der Waals surface area (Å²) in [6, 6.07) is 0. The Hall–Kier alpha value is -0.690. The third-order valence-electron chi connectivity index (χ3n) is 4.38. The molecule has 1 amide bonds. The first kappa shape index (κ1) is 23.3. The molecular weight excluding hydrogens is 370 g/mol. The molecule has 150 valence electrons. The molecule has 26 heavy (non-hydrogen) atoms. The Balaban J connectivity index is 2.39. The zero-order valence-corrected chi connectivity index (χ0v) is 18.0. The van der Waals surface area contributed by atoms with Crippen LogP contribution in [0.3, 0.4) is 0 Å². The minimum Gasteiger partial charge on any atom is -0.481 e. The maximum absolute atomic E-state index is 12.4. The van der Waals surface area contributed by atoms with Gasteiger partial charge in [-0.3, -0.25) is 14.4 Å². The average molecular weight is 404 g/mol. The van der Waals surface area contributed by atoms with Gasteiger partial charge in [0.05, 0.1) is 11.7 Å². The van der Waals surface area contributed by atoms with Crippen LogP contribution in [0.1, 0.15) is 59.8 Å². The van der Waals surface area contributed by atoms with E-state index in [4.69, 9.17) is 5.11 Å². The van der Waals surface area contributed by atoms with E-state index in [-0.39, 0.29) is 18.2 Å². The van der Waals surface area contributed by atoms with E-state index < -0.39 is 11.2 Å². The fourth-order valence-corrected chi connectivity index (χ4v) is 4.99. The highest BCUT2D eigenvalue weighted by atomic mass is 32.2. The quantitative estimate of drug-likeness (QED) is 0.577. The predicted octanol–water partition coefficient (Wildman–Crippen LogP) is 3.81. The highest BCUT2D eigenvalue weighted by molar-refractivity contribution is 8.14. The Kier molecular flexibility index (Phi) is 10.7. The molecule has 0 saturated heterocycles. The molecule has 1 unspecified atom stereocenters. The maximum atomic E-state index is 12.4. The lowest BCUT2D eigenvalue weighted by molar-refractivity contribution is -0.138. The lowest BCUT2D eigenvalue weighted by atomic mass is 9.82. The van der Waals surface area contributed by atoms with Crippen LogP contribution in [0.25, 0.3) is 0 Å². The molecule has 1 aliphatic carbocycles. The number of carbonyl (C=O) groups is 3. The van der Waals surface area contributed by atoms with Crippen LogP contribution in [-0.4, -0.2) is 44.9 Å². The van der Waals surface area contributed by atoms with Gasteiger partial charge in [-0.15, -0.1) is 11.8 Å². The van der Waals surface area contributed by atoms with Crippen molar-refractivity contribution in [1.29, 1.82) is 0 Å². The van der Waals surface area contributed by atoms with Crippen LogP contribution in [0, 0.1) is 17.8 Å². The van der Waals surface area contributed by atoms with Gasteiger partial charge in [0.15, 0.2) is 5.12 Å². The Morgan fingerprint density at radius 2 is 1.69 bits per heavy atom. The van der Waals surface area contributed by atoms with Crippen LogP contribution in [0.15, 0.2) is 0 Å². The largest absolute Gasteiger partial charge is 0.481 e. The number of hydrogen-bond donors (Lipinski definition) is 2. The molecule has 1 saturated carbocycles. The first-order chi connectivity index (χ1) is 12.2. The average Bonchev–Trinajstić information content (AvgIpc) is 2.55. The van der Waals surface area contributed by atoms with Gasteiger partial charge in [0.2, 0.25) is 5.91 Å². The van der Waals surface area contributed by atoms with Gasteiger partial charge in [-0.05, 0) is 43.3 Å². The van der Waals surface area contributed by atoms with Gasteiger partial charge in [0, 0.05) is 17.7 Å². The lowest BCUT2D eigenvalue weighted by Gasteiger charge is -2.28. The summed E-state index contributed by atoms with van der Waals surface area (Å²) in [5.74, 6) is 0.602. The molecule has 1 fully saturated rings. The minimum atomic E-state index is -0.942. The van der Waals surface area contributed by atoms with Gasteiger partial charge in [0.1, 0.15) is 0 Å². The summed E-state index contributed by atoms with van der Waals surface area (Å²) < 4.78 is 0. The third-order valence-corrected chi connectivity index (χ3v) is 7.06. The van der Waals surface area contributed by atoms with Crippen molar-refractivity contribution in [2.75, 3.05) is 12.3 Å². The van der Waals surface area contributed by atoms with Crippen molar-refractivity contribution < 1.29 is 19.5 Å². The van der Waals surface area contributed by atoms with Crippen LogP contribution in [0.5, 0.6) is 0 Å². The molecule has 1 aliphatic rings. The third kappa shape index (κ3) is 9.31. The summed E-state index contributed by atoms with van der Waals surface area (Å²) in [7, 11) is 0. The molecule has 2 N–H and O–H groups in total. The zero-order valence-electron chi connectivity index (χ0n) is 16.3. The molecule has 5 nitrogen and oxygen atoms in total. The highest BCUT2D eigenvalue weighted by Crippen LogP contribution is 2.32. The van der Waals surface area contributed by atoms with Crippen LogP contribution in [0.2, 0.25) is 0 Å². The Bertz CT molecular complexity index is 474. The van der Waals surface area contributed by atoms with Gasteiger partial charge in [-0.25, -0.2) is 0 Å². The second-order valence-corrected chi connectivity index (χ2v) is 10.6. The van der Waals surface area contributed by atoms with Gasteiger partial charge in [0.25, 0.3) is 0 Å². The fourth-order valence-electron chi connectivity index (χ4n) is 2.98. The second kappa shape index (κ2) is 11.9. The molecule has 1 rings (SSSR count). The molecule has 0 bridgehead atoms. The lowest BCUT2D eigenvalue weighted by Crippen LogP contribution is -2.38. The number of thioether (sulfide) groups is 2. The van der Waals surface area contributed by atoms with Crippen LogP contribution < -0.4 is 5.32 Å². The summed E-state index contributed by atoms with van der Waals surface area (Å²) in [6.07, 6.45) is 3.52. The summed E-state index contributed by atoms with van der Waals surface area (Å²) in [4.78, 5) is 35.5. The van der Waals surface area contributed by atoms with E-state index in [1.165, 1.54) is 23.5 Å². The van der Waals surface area contributed by atoms with Crippen molar-refractivity contribution in [3.05, 3.63) is 0 Å². The fraction of sp³-hybridized carbons (Fsp3) is 0.842. The Morgan fingerprint density at radius 3 is 2.19 bits per heavy atom. The van der Waals surface area contributed by atoms with Crippen LogP contribution >= 0.6 is 23.5 Å². The van der Waals surface area contributed by atoms with Crippen LogP contribution in [-0.2, 0) is 14.4 Å². The molecule has 0 radical (unpaired) electrons. The number of carbonyl (C=O) groups excluding carboxylic acids is 2. The van der Waals surface area contributed by atoms with E-state index in [1.807, 2.05) is 13.8 Å². The van der Waals surface area contributed by atoms with Gasteiger partial charge in [-0.1, -0.05) is 39.5 Å².